The number of amides is 1. The normalized spacial score (nSPS) is 11.7. The van der Waals surface area contributed by atoms with E-state index in [4.69, 9.17) is 4.42 Å². The Morgan fingerprint density at radius 2 is 1.90 bits per heavy atom. The summed E-state index contributed by atoms with van der Waals surface area (Å²) in [7, 11) is 0.427. The van der Waals surface area contributed by atoms with E-state index < -0.39 is 9.84 Å². The van der Waals surface area contributed by atoms with E-state index >= 15 is 0 Å². The van der Waals surface area contributed by atoms with Crippen LogP contribution in [0.5, 0.6) is 0 Å². The molecule has 2 aromatic heterocycles. The van der Waals surface area contributed by atoms with Crippen molar-refractivity contribution in [2.24, 2.45) is 0 Å². The first-order chi connectivity index (χ1) is 13.1. The molecule has 0 fully saturated rings. The Balaban J connectivity index is 0.00000300. The molecule has 3 aromatic rings. The third-order valence-corrected chi connectivity index (χ3v) is 6.46. The fraction of sp³-hybridized carbons (Fsp3) is 0.368. The Morgan fingerprint density at radius 3 is 2.45 bits per heavy atom. The number of hydrogen-bond acceptors (Lipinski definition) is 7. The van der Waals surface area contributed by atoms with Gasteiger partial charge in [-0.1, -0.05) is 17.4 Å². The first-order valence-corrected chi connectivity index (χ1v) is 11.4. The second-order valence-corrected chi connectivity index (χ2v) is 9.95. The maximum absolute atomic E-state index is 13.2. The molecule has 0 unspecified atom stereocenters. The van der Waals surface area contributed by atoms with Crippen LogP contribution in [-0.2, 0) is 9.84 Å². The Morgan fingerprint density at radius 1 is 1.21 bits per heavy atom. The minimum atomic E-state index is -3.43. The number of aryl methyl sites for hydroxylation is 2. The van der Waals surface area contributed by atoms with Gasteiger partial charge in [-0.25, -0.2) is 13.4 Å². The van der Waals surface area contributed by atoms with E-state index in [9.17, 15) is 13.2 Å². The van der Waals surface area contributed by atoms with Gasteiger partial charge < -0.3 is 9.32 Å². The van der Waals surface area contributed by atoms with Crippen LogP contribution in [0.15, 0.2) is 33.6 Å². The third kappa shape index (κ3) is 4.98. The molecule has 0 aliphatic heterocycles. The molecule has 0 atom stereocenters. The number of carbonyl (C=O) groups is 1. The highest BCUT2D eigenvalue weighted by Gasteiger charge is 2.26. The highest BCUT2D eigenvalue weighted by Crippen LogP contribution is 2.33. The predicted molar refractivity (Wildman–Crippen MR) is 118 cm³/mol. The average molecular weight is 458 g/mol. The number of fused-ring (bicyclic) bond motifs is 1. The van der Waals surface area contributed by atoms with E-state index in [2.05, 4.69) is 4.98 Å². The van der Waals surface area contributed by atoms with E-state index in [-0.39, 0.29) is 23.2 Å². The molecule has 0 aliphatic rings. The standard InChI is InChI=1S/C19H23N3O4S2.ClH/c1-12-11-14(13(2)26-12)18(23)22(10-9-21(3)4)19-20-17-15(27-19)7-6-8-16(17)28(5,24)25;/h6-8,11H,9-10H2,1-5H3;1H. The number of hydrogen-bond donors (Lipinski definition) is 0. The van der Waals surface area contributed by atoms with Crippen molar-refractivity contribution in [3.63, 3.8) is 0 Å². The molecule has 10 heteroatoms. The zero-order valence-electron chi connectivity index (χ0n) is 16.9. The van der Waals surface area contributed by atoms with Crippen molar-refractivity contribution in [1.82, 2.24) is 9.88 Å². The minimum absolute atomic E-state index is 0. The lowest BCUT2D eigenvalue weighted by Gasteiger charge is -2.21. The van der Waals surface area contributed by atoms with Gasteiger partial charge in [-0.3, -0.25) is 9.69 Å². The number of benzene rings is 1. The van der Waals surface area contributed by atoms with Gasteiger partial charge in [0.2, 0.25) is 0 Å². The number of thiazole rings is 1. The van der Waals surface area contributed by atoms with Crippen LogP contribution in [0.2, 0.25) is 0 Å². The fourth-order valence-electron chi connectivity index (χ4n) is 2.90. The summed E-state index contributed by atoms with van der Waals surface area (Å²) in [5.74, 6) is 1.00. The number of sulfone groups is 1. The maximum atomic E-state index is 13.2. The summed E-state index contributed by atoms with van der Waals surface area (Å²) in [6.45, 7) is 4.61. The molecular formula is C19H24ClN3O4S2. The predicted octanol–water partition coefficient (Wildman–Crippen LogP) is 3.54. The quantitative estimate of drug-likeness (QED) is 0.563. The number of carbonyl (C=O) groups excluding carboxylic acids is 1. The molecule has 0 radical (unpaired) electrons. The molecule has 0 N–H and O–H groups in total. The molecule has 2 heterocycles. The van der Waals surface area contributed by atoms with Crippen LogP contribution in [0.1, 0.15) is 21.9 Å². The summed E-state index contributed by atoms with van der Waals surface area (Å²) in [6.07, 6.45) is 1.16. The van der Waals surface area contributed by atoms with Gasteiger partial charge in [0, 0.05) is 19.3 Å². The highest BCUT2D eigenvalue weighted by atomic mass is 35.5. The van der Waals surface area contributed by atoms with Gasteiger partial charge in [0.1, 0.15) is 17.0 Å². The first kappa shape index (κ1) is 23.3. The van der Waals surface area contributed by atoms with Crippen molar-refractivity contribution < 1.29 is 17.6 Å². The van der Waals surface area contributed by atoms with Gasteiger partial charge in [0.05, 0.1) is 15.2 Å². The molecule has 7 nitrogen and oxygen atoms in total. The van der Waals surface area contributed by atoms with Gasteiger partial charge in [-0.2, -0.15) is 0 Å². The lowest BCUT2D eigenvalue weighted by Crippen LogP contribution is -2.36. The first-order valence-electron chi connectivity index (χ1n) is 8.71. The molecule has 158 valence electrons. The fourth-order valence-corrected chi connectivity index (χ4v) is 4.81. The second kappa shape index (κ2) is 8.83. The number of para-hydroxylation sites is 1. The van der Waals surface area contributed by atoms with E-state index in [1.165, 1.54) is 17.4 Å². The summed E-state index contributed by atoms with van der Waals surface area (Å²) in [5, 5.41) is 0.469. The number of nitrogens with zero attached hydrogens (tertiary/aromatic N) is 3. The Hall–Kier alpha value is -1.94. The van der Waals surface area contributed by atoms with Gasteiger partial charge in [0.25, 0.3) is 5.91 Å². The van der Waals surface area contributed by atoms with E-state index in [0.29, 0.717) is 40.8 Å². The average Bonchev–Trinajstić information content (AvgIpc) is 3.15. The maximum Gasteiger partial charge on any atom is 0.263 e. The molecule has 3 rings (SSSR count). The Labute approximate surface area is 180 Å². The molecule has 29 heavy (non-hydrogen) atoms. The van der Waals surface area contributed by atoms with Gasteiger partial charge in [-0.05, 0) is 46.1 Å². The molecule has 0 spiro atoms. The summed E-state index contributed by atoms with van der Waals surface area (Å²) < 4.78 is 30.5. The largest absolute Gasteiger partial charge is 0.466 e. The van der Waals surface area contributed by atoms with Crippen molar-refractivity contribution in [2.45, 2.75) is 18.7 Å². The van der Waals surface area contributed by atoms with Crippen molar-refractivity contribution in [3.05, 3.63) is 41.3 Å². The topological polar surface area (TPSA) is 83.7 Å². The van der Waals surface area contributed by atoms with Crippen molar-refractivity contribution in [3.8, 4) is 0 Å². The lowest BCUT2D eigenvalue weighted by molar-refractivity contribution is 0.0983. The minimum Gasteiger partial charge on any atom is -0.466 e. The highest BCUT2D eigenvalue weighted by molar-refractivity contribution is 7.91. The molecule has 1 aromatic carbocycles. The summed E-state index contributed by atoms with van der Waals surface area (Å²) in [5.41, 5.74) is 0.881. The SMILES string of the molecule is Cc1cc(C(=O)N(CCN(C)C)c2nc3c(S(C)(=O)=O)cccc3s2)c(C)o1.Cl. The molecule has 0 saturated heterocycles. The third-order valence-electron chi connectivity index (χ3n) is 4.29. The van der Waals surface area contributed by atoms with Crippen molar-refractivity contribution >= 4 is 54.8 Å². The number of rotatable bonds is 6. The summed E-state index contributed by atoms with van der Waals surface area (Å²) in [6, 6.07) is 6.76. The van der Waals surface area contributed by atoms with Crippen LogP contribution in [0.4, 0.5) is 5.13 Å². The van der Waals surface area contributed by atoms with E-state index in [1.807, 2.05) is 25.1 Å². The van der Waals surface area contributed by atoms with Gasteiger partial charge in [0.15, 0.2) is 15.0 Å². The summed E-state index contributed by atoms with van der Waals surface area (Å²) >= 11 is 1.30. The van der Waals surface area contributed by atoms with Crippen LogP contribution >= 0.6 is 23.7 Å². The molecule has 0 saturated carbocycles. The van der Waals surface area contributed by atoms with Crippen molar-refractivity contribution in [2.75, 3.05) is 38.3 Å². The van der Waals surface area contributed by atoms with Crippen molar-refractivity contribution in [1.29, 1.82) is 0 Å². The van der Waals surface area contributed by atoms with E-state index in [1.54, 1.807) is 30.9 Å². The summed E-state index contributed by atoms with van der Waals surface area (Å²) in [4.78, 5) is 21.5. The van der Waals surface area contributed by atoms with Gasteiger partial charge in [-0.15, -0.1) is 12.4 Å². The van der Waals surface area contributed by atoms with E-state index in [0.717, 1.165) is 11.0 Å². The number of aromatic nitrogens is 1. The van der Waals surface area contributed by atoms with Crippen LogP contribution in [0, 0.1) is 13.8 Å². The monoisotopic (exact) mass is 457 g/mol. The molecule has 0 bridgehead atoms. The van der Waals surface area contributed by atoms with Crippen LogP contribution in [0.25, 0.3) is 10.2 Å². The lowest BCUT2D eigenvalue weighted by atomic mass is 10.2. The molecule has 0 aliphatic carbocycles. The molecule has 1 amide bonds. The van der Waals surface area contributed by atoms with Crippen LogP contribution in [0.3, 0.4) is 0 Å². The number of furan rings is 1. The van der Waals surface area contributed by atoms with Crippen LogP contribution in [-0.4, -0.2) is 57.6 Å². The Bertz CT molecular complexity index is 1140. The number of likely N-dealkylation sites (N-methyl/N-ethyl adjacent to an activating group) is 1. The smallest absolute Gasteiger partial charge is 0.263 e. The zero-order valence-corrected chi connectivity index (χ0v) is 19.4. The van der Waals surface area contributed by atoms with Gasteiger partial charge >= 0.3 is 0 Å². The zero-order chi connectivity index (χ0) is 20.6. The second-order valence-electron chi connectivity index (χ2n) is 6.96. The van der Waals surface area contributed by atoms with Crippen LogP contribution < -0.4 is 4.90 Å². The number of halogens is 1. The Kier molecular flexibility index (Phi) is 7.10. The number of anilines is 1. The molecular weight excluding hydrogens is 434 g/mol.